The van der Waals surface area contributed by atoms with E-state index in [-0.39, 0.29) is 11.8 Å². The highest BCUT2D eigenvalue weighted by Crippen LogP contribution is 2.34. The highest BCUT2D eigenvalue weighted by atomic mass is 16.2. The number of aromatic nitrogens is 1. The van der Waals surface area contributed by atoms with Crippen LogP contribution in [0.15, 0.2) is 30.5 Å². The summed E-state index contributed by atoms with van der Waals surface area (Å²) in [4.78, 5) is 28.6. The molecule has 0 radical (unpaired) electrons. The molecule has 3 rings (SSSR count). The summed E-state index contributed by atoms with van der Waals surface area (Å²) in [7, 11) is 0. The molecule has 5 nitrogen and oxygen atoms in total. The molecule has 1 heterocycles. The van der Waals surface area contributed by atoms with Crippen LogP contribution in [-0.4, -0.2) is 16.8 Å². The number of pyridine rings is 1. The van der Waals surface area contributed by atoms with Gasteiger partial charge < -0.3 is 11.1 Å². The van der Waals surface area contributed by atoms with E-state index in [2.05, 4.69) is 17.2 Å². The normalized spacial score (nSPS) is 14.3. The van der Waals surface area contributed by atoms with E-state index in [1.807, 2.05) is 38.1 Å². The zero-order valence-corrected chi connectivity index (χ0v) is 18.3. The molecule has 1 aliphatic carbocycles. The largest absolute Gasteiger partial charge is 0.366 e. The molecule has 0 aliphatic heterocycles. The number of benzene rings is 1. The fraction of sp³-hybridized carbons (Fsp3) is 0.480. The molecule has 1 fully saturated rings. The van der Waals surface area contributed by atoms with Crippen molar-refractivity contribution < 1.29 is 9.59 Å². The van der Waals surface area contributed by atoms with E-state index in [4.69, 9.17) is 5.73 Å². The summed E-state index contributed by atoms with van der Waals surface area (Å²) in [5, 5.41) is 2.85. The SMILES string of the molecule is Cc1ccc(C(N)=O)c(CCC2CCCC2)c1-c1ccc(NC(=O)CC(C)C)nc1. The maximum atomic E-state index is 12.1. The van der Waals surface area contributed by atoms with Gasteiger partial charge in [-0.2, -0.15) is 0 Å². The summed E-state index contributed by atoms with van der Waals surface area (Å²) in [6, 6.07) is 7.58. The molecule has 0 saturated heterocycles. The van der Waals surface area contributed by atoms with Gasteiger partial charge in [0.05, 0.1) is 0 Å². The number of hydrogen-bond donors (Lipinski definition) is 2. The fourth-order valence-corrected chi connectivity index (χ4v) is 4.49. The minimum Gasteiger partial charge on any atom is -0.366 e. The number of aryl methyl sites for hydroxylation is 1. The van der Waals surface area contributed by atoms with Crippen molar-refractivity contribution in [1.29, 1.82) is 0 Å². The molecule has 5 heteroatoms. The molecule has 0 unspecified atom stereocenters. The number of carbonyl (C=O) groups excluding carboxylic acids is 2. The van der Waals surface area contributed by atoms with E-state index in [9.17, 15) is 9.59 Å². The topological polar surface area (TPSA) is 85.1 Å². The van der Waals surface area contributed by atoms with E-state index in [0.29, 0.717) is 23.7 Å². The zero-order chi connectivity index (χ0) is 21.7. The molecule has 160 valence electrons. The molecule has 1 aliphatic rings. The summed E-state index contributed by atoms with van der Waals surface area (Å²) >= 11 is 0. The van der Waals surface area contributed by atoms with Crippen molar-refractivity contribution in [3.63, 3.8) is 0 Å². The second-order valence-corrected chi connectivity index (χ2v) is 8.92. The Balaban J connectivity index is 1.88. The van der Waals surface area contributed by atoms with Gasteiger partial charge in [-0.25, -0.2) is 4.98 Å². The summed E-state index contributed by atoms with van der Waals surface area (Å²) in [5.74, 6) is 1.15. The van der Waals surface area contributed by atoms with Crippen molar-refractivity contribution in [2.75, 3.05) is 5.32 Å². The number of rotatable bonds is 8. The lowest BCUT2D eigenvalue weighted by Gasteiger charge is -2.18. The number of amides is 2. The Labute approximate surface area is 179 Å². The van der Waals surface area contributed by atoms with Crippen LogP contribution >= 0.6 is 0 Å². The lowest BCUT2D eigenvalue weighted by atomic mass is 9.87. The van der Waals surface area contributed by atoms with Gasteiger partial charge in [-0.15, -0.1) is 0 Å². The Morgan fingerprint density at radius 2 is 1.90 bits per heavy atom. The molecule has 1 aromatic heterocycles. The first-order valence-corrected chi connectivity index (χ1v) is 11.0. The Hall–Kier alpha value is -2.69. The van der Waals surface area contributed by atoms with Gasteiger partial charge in [-0.3, -0.25) is 9.59 Å². The Morgan fingerprint density at radius 1 is 1.17 bits per heavy atom. The monoisotopic (exact) mass is 407 g/mol. The summed E-state index contributed by atoms with van der Waals surface area (Å²) < 4.78 is 0. The Kier molecular flexibility index (Phi) is 7.24. The molecular formula is C25H33N3O2. The number of primary amides is 1. The summed E-state index contributed by atoms with van der Waals surface area (Å²) in [5.41, 5.74) is 10.4. The van der Waals surface area contributed by atoms with Crippen molar-refractivity contribution in [1.82, 2.24) is 4.98 Å². The van der Waals surface area contributed by atoms with Gasteiger partial charge in [0.1, 0.15) is 5.82 Å². The quantitative estimate of drug-likeness (QED) is 0.625. The van der Waals surface area contributed by atoms with E-state index in [1.54, 1.807) is 6.20 Å². The van der Waals surface area contributed by atoms with E-state index in [0.717, 1.165) is 41.0 Å². The average molecular weight is 408 g/mol. The van der Waals surface area contributed by atoms with Gasteiger partial charge in [0, 0.05) is 23.7 Å². The van der Waals surface area contributed by atoms with Gasteiger partial charge >= 0.3 is 0 Å². The maximum Gasteiger partial charge on any atom is 0.248 e. The van der Waals surface area contributed by atoms with Crippen LogP contribution in [-0.2, 0) is 11.2 Å². The Bertz CT molecular complexity index is 897. The van der Waals surface area contributed by atoms with E-state index >= 15 is 0 Å². The lowest BCUT2D eigenvalue weighted by Crippen LogP contribution is -2.16. The predicted octanol–water partition coefficient (Wildman–Crippen LogP) is 5.26. The van der Waals surface area contributed by atoms with E-state index in [1.165, 1.54) is 25.7 Å². The first-order valence-electron chi connectivity index (χ1n) is 11.0. The second kappa shape index (κ2) is 9.88. The van der Waals surface area contributed by atoms with Crippen molar-refractivity contribution >= 4 is 17.6 Å². The van der Waals surface area contributed by atoms with Gasteiger partial charge in [0.2, 0.25) is 11.8 Å². The maximum absolute atomic E-state index is 12.1. The number of nitrogens with one attached hydrogen (secondary N) is 1. The first-order chi connectivity index (χ1) is 14.3. The molecule has 30 heavy (non-hydrogen) atoms. The average Bonchev–Trinajstić information content (AvgIpc) is 3.20. The van der Waals surface area contributed by atoms with Crippen LogP contribution in [0.4, 0.5) is 5.82 Å². The number of nitrogens with two attached hydrogens (primary N) is 1. The van der Waals surface area contributed by atoms with Gasteiger partial charge in [-0.05, 0) is 66.5 Å². The molecule has 1 aromatic carbocycles. The van der Waals surface area contributed by atoms with Crippen LogP contribution in [0.25, 0.3) is 11.1 Å². The number of anilines is 1. The Morgan fingerprint density at radius 3 is 2.50 bits per heavy atom. The third-order valence-corrected chi connectivity index (χ3v) is 5.98. The number of carbonyl (C=O) groups is 2. The van der Waals surface area contributed by atoms with Crippen molar-refractivity contribution in [2.24, 2.45) is 17.6 Å². The molecule has 3 N–H and O–H groups in total. The zero-order valence-electron chi connectivity index (χ0n) is 18.3. The number of nitrogens with zero attached hydrogens (tertiary/aromatic N) is 1. The van der Waals surface area contributed by atoms with E-state index < -0.39 is 0 Å². The first kappa shape index (κ1) is 22.0. The second-order valence-electron chi connectivity index (χ2n) is 8.92. The number of hydrogen-bond acceptors (Lipinski definition) is 3. The highest BCUT2D eigenvalue weighted by molar-refractivity contribution is 5.97. The van der Waals surface area contributed by atoms with Crippen LogP contribution in [0.2, 0.25) is 0 Å². The van der Waals surface area contributed by atoms with Crippen molar-refractivity contribution in [2.45, 2.75) is 65.7 Å². The smallest absolute Gasteiger partial charge is 0.248 e. The fourth-order valence-electron chi connectivity index (χ4n) is 4.49. The van der Waals surface area contributed by atoms with Crippen molar-refractivity contribution in [3.05, 3.63) is 47.2 Å². The van der Waals surface area contributed by atoms with Gasteiger partial charge in [0.15, 0.2) is 0 Å². The standard InChI is InChI=1S/C25H33N3O2/c1-16(2)14-23(29)28-22-13-10-19(15-27-22)24-17(3)8-11-21(25(26)30)20(24)12-9-18-6-4-5-7-18/h8,10-11,13,15-16,18H,4-7,9,12,14H2,1-3H3,(H2,26,30)(H,27,28,29). The van der Waals surface area contributed by atoms with Crippen molar-refractivity contribution in [3.8, 4) is 11.1 Å². The molecule has 0 spiro atoms. The molecular weight excluding hydrogens is 374 g/mol. The lowest BCUT2D eigenvalue weighted by molar-refractivity contribution is -0.116. The molecule has 0 bridgehead atoms. The molecule has 0 atom stereocenters. The van der Waals surface area contributed by atoms with Gasteiger partial charge in [-0.1, -0.05) is 45.6 Å². The molecule has 2 aromatic rings. The van der Waals surface area contributed by atoms with Crippen LogP contribution in [0.5, 0.6) is 0 Å². The highest BCUT2D eigenvalue weighted by Gasteiger charge is 2.20. The molecule has 1 saturated carbocycles. The third-order valence-electron chi connectivity index (χ3n) is 5.98. The predicted molar refractivity (Wildman–Crippen MR) is 121 cm³/mol. The van der Waals surface area contributed by atoms with Crippen LogP contribution in [0, 0.1) is 18.8 Å². The van der Waals surface area contributed by atoms with Crippen LogP contribution in [0.1, 0.15) is 73.9 Å². The van der Waals surface area contributed by atoms with Crippen LogP contribution < -0.4 is 11.1 Å². The van der Waals surface area contributed by atoms with Crippen LogP contribution in [0.3, 0.4) is 0 Å². The summed E-state index contributed by atoms with van der Waals surface area (Å²) in [6.07, 6.45) is 9.33. The van der Waals surface area contributed by atoms with Gasteiger partial charge in [0.25, 0.3) is 0 Å². The summed E-state index contributed by atoms with van der Waals surface area (Å²) in [6.45, 7) is 6.08. The third kappa shape index (κ3) is 5.47. The molecule has 2 amide bonds. The minimum absolute atomic E-state index is 0.0330. The minimum atomic E-state index is -0.386.